The van der Waals surface area contributed by atoms with Crippen LogP contribution >= 0.6 is 0 Å². The minimum Gasteiger partial charge on any atom is -0.416 e. The van der Waals surface area contributed by atoms with Crippen LogP contribution in [0.4, 0.5) is 0 Å². The molecule has 1 N–H and O–H groups in total. The van der Waals surface area contributed by atoms with Gasteiger partial charge in [0.15, 0.2) is 0 Å². The molecule has 1 aliphatic heterocycles. The van der Waals surface area contributed by atoms with Crippen molar-refractivity contribution in [2.75, 3.05) is 6.54 Å². The molecule has 0 bridgehead atoms. The van der Waals surface area contributed by atoms with Gasteiger partial charge in [-0.1, -0.05) is 6.08 Å². The first-order valence-electron chi connectivity index (χ1n) is 3.74. The Kier molecular flexibility index (Phi) is 1.47. The van der Waals surface area contributed by atoms with Crippen molar-refractivity contribution < 1.29 is 4.84 Å². The Morgan fingerprint density at radius 1 is 1.40 bits per heavy atom. The maximum Gasteiger partial charge on any atom is 0.114 e. The lowest BCUT2D eigenvalue weighted by Gasteiger charge is -2.20. The van der Waals surface area contributed by atoms with Crippen LogP contribution in [-0.4, -0.2) is 6.54 Å². The Balaban J connectivity index is 2.25. The lowest BCUT2D eigenvalue weighted by molar-refractivity contribution is 0.131. The molecule has 0 aromatic rings. The second kappa shape index (κ2) is 2.46. The average molecular weight is 137 g/mol. The molecule has 0 radical (unpaired) electrons. The molecular weight excluding hydrogens is 126 g/mol. The maximum absolute atomic E-state index is 4.99. The van der Waals surface area contributed by atoms with Crippen LogP contribution in [0.3, 0.4) is 0 Å². The van der Waals surface area contributed by atoms with Crippen molar-refractivity contribution in [2.24, 2.45) is 0 Å². The summed E-state index contributed by atoms with van der Waals surface area (Å²) >= 11 is 0. The number of rotatable bonds is 0. The minimum absolute atomic E-state index is 0.881. The van der Waals surface area contributed by atoms with Crippen LogP contribution in [-0.2, 0) is 4.84 Å². The van der Waals surface area contributed by atoms with E-state index in [0.717, 1.165) is 6.54 Å². The van der Waals surface area contributed by atoms with Crippen molar-refractivity contribution in [3.05, 3.63) is 23.5 Å². The van der Waals surface area contributed by atoms with Crippen LogP contribution in [0.1, 0.15) is 19.3 Å². The van der Waals surface area contributed by atoms with Crippen LogP contribution < -0.4 is 5.48 Å². The lowest BCUT2D eigenvalue weighted by atomic mass is 9.94. The molecule has 0 saturated carbocycles. The van der Waals surface area contributed by atoms with E-state index >= 15 is 0 Å². The average Bonchev–Trinajstić information content (AvgIpc) is 2.05. The third-order valence-corrected chi connectivity index (χ3v) is 2.00. The topological polar surface area (TPSA) is 21.3 Å². The molecule has 0 atom stereocenters. The number of nitrogens with one attached hydrogen (secondary N) is 1. The van der Waals surface area contributed by atoms with Crippen LogP contribution in [0.25, 0.3) is 0 Å². The predicted octanol–water partition coefficient (Wildman–Crippen LogP) is 1.52. The molecule has 0 aromatic heterocycles. The number of allylic oxidation sites excluding steroid dienone is 1. The van der Waals surface area contributed by atoms with Crippen LogP contribution in [0, 0.1) is 0 Å². The molecule has 0 saturated heterocycles. The summed E-state index contributed by atoms with van der Waals surface area (Å²) in [5.41, 5.74) is 5.65. The molecule has 2 heteroatoms. The van der Waals surface area contributed by atoms with E-state index in [1.54, 1.807) is 0 Å². The van der Waals surface area contributed by atoms with E-state index in [2.05, 4.69) is 11.6 Å². The van der Waals surface area contributed by atoms with Gasteiger partial charge in [-0.25, -0.2) is 0 Å². The normalized spacial score (nSPS) is 24.0. The smallest absolute Gasteiger partial charge is 0.114 e. The monoisotopic (exact) mass is 137 g/mol. The van der Waals surface area contributed by atoms with Crippen LogP contribution in [0.2, 0.25) is 0 Å². The number of hydrogen-bond donors (Lipinski definition) is 1. The van der Waals surface area contributed by atoms with Gasteiger partial charge in [0.05, 0.1) is 6.54 Å². The van der Waals surface area contributed by atoms with Crippen LogP contribution in [0.15, 0.2) is 23.5 Å². The molecule has 0 fully saturated rings. The van der Waals surface area contributed by atoms with E-state index in [9.17, 15) is 0 Å². The van der Waals surface area contributed by atoms with Crippen molar-refractivity contribution >= 4 is 0 Å². The maximum atomic E-state index is 4.99. The van der Waals surface area contributed by atoms with E-state index in [1.807, 2.05) is 6.26 Å². The number of fused-ring (bicyclic) bond motifs is 1. The summed E-state index contributed by atoms with van der Waals surface area (Å²) in [7, 11) is 0. The zero-order chi connectivity index (χ0) is 6.81. The second-order valence-corrected chi connectivity index (χ2v) is 2.70. The molecule has 54 valence electrons. The van der Waals surface area contributed by atoms with Gasteiger partial charge in [0.2, 0.25) is 0 Å². The van der Waals surface area contributed by atoms with Crippen molar-refractivity contribution in [1.82, 2.24) is 5.48 Å². The van der Waals surface area contributed by atoms with Crippen molar-refractivity contribution in [3.63, 3.8) is 0 Å². The quantitative estimate of drug-likeness (QED) is 0.546. The van der Waals surface area contributed by atoms with Gasteiger partial charge >= 0.3 is 0 Å². The second-order valence-electron chi connectivity index (χ2n) is 2.70. The molecule has 0 spiro atoms. The highest BCUT2D eigenvalue weighted by atomic mass is 16.6. The van der Waals surface area contributed by atoms with Gasteiger partial charge in [0, 0.05) is 0 Å². The van der Waals surface area contributed by atoms with E-state index < -0.39 is 0 Å². The molecule has 2 rings (SSSR count). The Hall–Kier alpha value is -0.760. The molecule has 2 nitrogen and oxygen atoms in total. The summed E-state index contributed by atoms with van der Waals surface area (Å²) in [6.45, 7) is 0.881. The molecule has 0 amide bonds. The fourth-order valence-corrected chi connectivity index (χ4v) is 1.41. The Morgan fingerprint density at radius 2 is 2.40 bits per heavy atom. The van der Waals surface area contributed by atoms with Gasteiger partial charge in [-0.3, -0.25) is 0 Å². The number of hydroxylamine groups is 1. The molecule has 10 heavy (non-hydrogen) atoms. The van der Waals surface area contributed by atoms with Crippen molar-refractivity contribution in [3.8, 4) is 0 Å². The Labute approximate surface area is 60.5 Å². The van der Waals surface area contributed by atoms with Crippen LogP contribution in [0.5, 0.6) is 0 Å². The van der Waals surface area contributed by atoms with Gasteiger partial charge in [-0.05, 0) is 30.4 Å². The lowest BCUT2D eigenvalue weighted by Crippen LogP contribution is -2.22. The van der Waals surface area contributed by atoms with Gasteiger partial charge in [0.25, 0.3) is 0 Å². The first-order valence-corrected chi connectivity index (χ1v) is 3.74. The van der Waals surface area contributed by atoms with Crippen molar-refractivity contribution in [1.29, 1.82) is 0 Å². The van der Waals surface area contributed by atoms with Crippen molar-refractivity contribution in [2.45, 2.75) is 19.3 Å². The fraction of sp³-hybridized carbons (Fsp3) is 0.500. The highest BCUT2D eigenvalue weighted by Gasteiger charge is 2.12. The van der Waals surface area contributed by atoms with Gasteiger partial charge in [-0.2, -0.15) is 5.48 Å². The summed E-state index contributed by atoms with van der Waals surface area (Å²) in [5, 5.41) is 0. The molecule has 1 heterocycles. The molecular formula is C8H11NO. The summed E-state index contributed by atoms with van der Waals surface area (Å²) in [4.78, 5) is 4.99. The Morgan fingerprint density at radius 3 is 3.30 bits per heavy atom. The molecule has 2 aliphatic rings. The Bertz CT molecular complexity index is 171. The van der Waals surface area contributed by atoms with Gasteiger partial charge in [-0.15, -0.1) is 0 Å². The zero-order valence-corrected chi connectivity index (χ0v) is 5.89. The third kappa shape index (κ3) is 0.948. The van der Waals surface area contributed by atoms with E-state index in [1.165, 1.54) is 30.4 Å². The summed E-state index contributed by atoms with van der Waals surface area (Å²) in [6.07, 6.45) is 7.82. The largest absolute Gasteiger partial charge is 0.416 e. The predicted molar refractivity (Wildman–Crippen MR) is 39.1 cm³/mol. The molecule has 0 unspecified atom stereocenters. The highest BCUT2D eigenvalue weighted by molar-refractivity contribution is 5.33. The first-order chi connectivity index (χ1) is 4.97. The third-order valence-electron chi connectivity index (χ3n) is 2.00. The first kappa shape index (κ1) is 5.98. The minimum atomic E-state index is 0.881. The standard InChI is InChI=1S/C8H11NO/c1-2-4-8-6-10-9-5-7(8)3-1/h3,6,9H,1-2,4-5H2. The van der Waals surface area contributed by atoms with E-state index in [-0.39, 0.29) is 0 Å². The van der Waals surface area contributed by atoms with Gasteiger partial charge in [0.1, 0.15) is 6.26 Å². The zero-order valence-electron chi connectivity index (χ0n) is 5.89. The molecule has 1 aliphatic carbocycles. The van der Waals surface area contributed by atoms with E-state index in [0.29, 0.717) is 0 Å². The summed E-state index contributed by atoms with van der Waals surface area (Å²) in [5.74, 6) is 0. The SMILES string of the molecule is C1=C2CCCC=C2CNO1. The summed E-state index contributed by atoms with van der Waals surface area (Å²) in [6, 6.07) is 0. The molecule has 0 aromatic carbocycles. The van der Waals surface area contributed by atoms with Gasteiger partial charge < -0.3 is 4.84 Å². The number of hydrogen-bond acceptors (Lipinski definition) is 2. The summed E-state index contributed by atoms with van der Waals surface area (Å²) < 4.78 is 0. The highest BCUT2D eigenvalue weighted by Crippen LogP contribution is 2.24. The van der Waals surface area contributed by atoms with E-state index in [4.69, 9.17) is 4.84 Å². The fourth-order valence-electron chi connectivity index (χ4n) is 1.41.